The van der Waals surface area contributed by atoms with E-state index in [4.69, 9.17) is 4.74 Å². The van der Waals surface area contributed by atoms with Crippen LogP contribution < -0.4 is 4.90 Å². The number of allylic oxidation sites excluding steroid dienone is 8. The first-order chi connectivity index (χ1) is 28.0. The SMILES string of the molecule is C=C1/C=C\C=C/O/C=C(c2ccc(N(c3ccc(-c4ccc(-c5ccccc5)cc4)cc3)c3ccc(-c4ccc(-c5ccccc5O)cc4)cc3)cc2)\C=C/C1=C. The average Bonchev–Trinajstić information content (AvgIpc) is 3.30. The molecule has 0 aliphatic carbocycles. The highest BCUT2D eigenvalue weighted by Gasteiger charge is 2.15. The highest BCUT2D eigenvalue weighted by atomic mass is 16.5. The molecule has 0 bridgehead atoms. The van der Waals surface area contributed by atoms with Gasteiger partial charge in [0.15, 0.2) is 0 Å². The summed E-state index contributed by atoms with van der Waals surface area (Å²) in [5.41, 5.74) is 15.4. The molecule has 7 aromatic carbocycles. The predicted octanol–water partition coefficient (Wildman–Crippen LogP) is 14.6. The molecule has 274 valence electrons. The number of rotatable bonds is 8. The summed E-state index contributed by atoms with van der Waals surface area (Å²) in [6, 6.07) is 60.8. The van der Waals surface area contributed by atoms with Crippen molar-refractivity contribution in [2.45, 2.75) is 0 Å². The van der Waals surface area contributed by atoms with Crippen molar-refractivity contribution < 1.29 is 9.84 Å². The van der Waals surface area contributed by atoms with Crippen LogP contribution in [0.5, 0.6) is 5.75 Å². The summed E-state index contributed by atoms with van der Waals surface area (Å²) in [7, 11) is 0. The number of aromatic hydroxyl groups is 1. The average molecular weight is 736 g/mol. The van der Waals surface area contributed by atoms with Crippen molar-refractivity contribution >= 4 is 22.6 Å². The summed E-state index contributed by atoms with van der Waals surface area (Å²) >= 11 is 0. The Kier molecular flexibility index (Phi) is 10.7. The van der Waals surface area contributed by atoms with E-state index in [1.54, 1.807) is 18.6 Å². The molecule has 1 aliphatic heterocycles. The van der Waals surface area contributed by atoms with E-state index in [9.17, 15) is 5.11 Å². The Morgan fingerprint density at radius 3 is 1.33 bits per heavy atom. The monoisotopic (exact) mass is 735 g/mol. The van der Waals surface area contributed by atoms with Crippen LogP contribution in [0, 0.1) is 0 Å². The number of benzene rings is 7. The fourth-order valence-electron chi connectivity index (χ4n) is 6.88. The molecular formula is C54H41NO2. The van der Waals surface area contributed by atoms with Crippen molar-refractivity contribution in [3.05, 3.63) is 249 Å². The molecule has 0 saturated carbocycles. The van der Waals surface area contributed by atoms with Crippen LogP contribution in [0.1, 0.15) is 5.56 Å². The normalized spacial score (nSPS) is 15.3. The van der Waals surface area contributed by atoms with Gasteiger partial charge in [-0.2, -0.15) is 0 Å². The molecule has 7 aromatic rings. The summed E-state index contributed by atoms with van der Waals surface area (Å²) in [6.45, 7) is 8.29. The molecule has 3 heteroatoms. The Bertz CT molecular complexity index is 2630. The number of hydrogen-bond donors (Lipinski definition) is 1. The predicted molar refractivity (Wildman–Crippen MR) is 239 cm³/mol. The summed E-state index contributed by atoms with van der Waals surface area (Å²) < 4.78 is 5.75. The zero-order valence-electron chi connectivity index (χ0n) is 31.5. The minimum atomic E-state index is 0.274. The van der Waals surface area contributed by atoms with Crippen molar-refractivity contribution in [3.8, 4) is 50.3 Å². The number of para-hydroxylation sites is 1. The minimum absolute atomic E-state index is 0.274. The molecule has 1 N–H and O–H groups in total. The van der Waals surface area contributed by atoms with Gasteiger partial charge in [0.25, 0.3) is 0 Å². The van der Waals surface area contributed by atoms with E-state index in [1.165, 1.54) is 11.1 Å². The smallest absolute Gasteiger partial charge is 0.123 e. The van der Waals surface area contributed by atoms with Gasteiger partial charge in [-0.25, -0.2) is 0 Å². The van der Waals surface area contributed by atoms with E-state index in [1.807, 2.05) is 54.6 Å². The summed E-state index contributed by atoms with van der Waals surface area (Å²) in [4.78, 5) is 2.27. The van der Waals surface area contributed by atoms with Gasteiger partial charge in [-0.3, -0.25) is 0 Å². The number of phenolic OH excluding ortho intramolecular Hbond substituents is 1. The molecule has 8 rings (SSSR count). The number of hydrogen-bond acceptors (Lipinski definition) is 3. The van der Waals surface area contributed by atoms with Gasteiger partial charge in [0, 0.05) is 28.2 Å². The van der Waals surface area contributed by atoms with Crippen LogP contribution in [0.3, 0.4) is 0 Å². The fourth-order valence-corrected chi connectivity index (χ4v) is 6.88. The standard InChI is InChI=1S/C54H41NO2/c1-39-10-8-9-37-57-38-49(16-15-40(39)2)47-29-35-52(36-30-47)55(50-31-25-45(26-32-50)43-19-17-42(18-20-43)41-11-4-3-5-12-41)51-33-27-46(28-34-51)44-21-23-48(24-22-44)53-13-6-7-14-54(53)56/h3-38,56H,1-2H2/b10-8-,16-15-,37-9-,49-38+. The molecule has 3 nitrogen and oxygen atoms in total. The van der Waals surface area contributed by atoms with Gasteiger partial charge in [0.2, 0.25) is 0 Å². The fraction of sp³-hybridized carbons (Fsp3) is 0. The molecule has 0 unspecified atom stereocenters. The molecule has 1 heterocycles. The zero-order valence-corrected chi connectivity index (χ0v) is 31.5. The van der Waals surface area contributed by atoms with E-state index >= 15 is 0 Å². The van der Waals surface area contributed by atoms with Crippen molar-refractivity contribution in [1.82, 2.24) is 0 Å². The lowest BCUT2D eigenvalue weighted by atomic mass is 9.99. The maximum atomic E-state index is 10.4. The Morgan fingerprint density at radius 2 is 0.807 bits per heavy atom. The third-order valence-electron chi connectivity index (χ3n) is 10.1. The molecule has 0 atom stereocenters. The maximum absolute atomic E-state index is 10.4. The largest absolute Gasteiger partial charge is 0.507 e. The van der Waals surface area contributed by atoms with Crippen molar-refractivity contribution in [1.29, 1.82) is 0 Å². The summed E-state index contributed by atoms with van der Waals surface area (Å²) in [6.07, 6.45) is 13.0. The topological polar surface area (TPSA) is 32.7 Å². The highest BCUT2D eigenvalue weighted by molar-refractivity contribution is 5.83. The van der Waals surface area contributed by atoms with E-state index in [0.29, 0.717) is 0 Å². The minimum Gasteiger partial charge on any atom is -0.507 e. The van der Waals surface area contributed by atoms with Crippen LogP contribution in [0.4, 0.5) is 17.1 Å². The number of phenols is 1. The maximum Gasteiger partial charge on any atom is 0.123 e. The van der Waals surface area contributed by atoms with Gasteiger partial charge < -0.3 is 14.7 Å². The van der Waals surface area contributed by atoms with E-state index < -0.39 is 0 Å². The first-order valence-electron chi connectivity index (χ1n) is 18.9. The second kappa shape index (κ2) is 16.8. The molecule has 0 radical (unpaired) electrons. The molecule has 0 amide bonds. The Morgan fingerprint density at radius 1 is 0.386 bits per heavy atom. The van der Waals surface area contributed by atoms with Crippen molar-refractivity contribution in [3.63, 3.8) is 0 Å². The van der Waals surface area contributed by atoms with E-state index in [2.05, 4.69) is 164 Å². The van der Waals surface area contributed by atoms with Crippen LogP contribution >= 0.6 is 0 Å². The van der Waals surface area contributed by atoms with Gasteiger partial charge in [-0.05, 0) is 104 Å². The van der Waals surface area contributed by atoms with Gasteiger partial charge in [0.05, 0.1) is 12.5 Å². The number of anilines is 3. The lowest BCUT2D eigenvalue weighted by Gasteiger charge is -2.26. The Balaban J connectivity index is 1.11. The molecule has 0 saturated heterocycles. The molecule has 57 heavy (non-hydrogen) atoms. The molecule has 1 aliphatic rings. The Hall–Kier alpha value is -7.62. The second-order valence-corrected chi connectivity index (χ2v) is 13.8. The highest BCUT2D eigenvalue weighted by Crippen LogP contribution is 2.38. The Labute approximate surface area is 335 Å². The molecule has 0 fully saturated rings. The summed E-state index contributed by atoms with van der Waals surface area (Å²) in [5.74, 6) is 0.274. The molecule has 0 spiro atoms. The van der Waals surface area contributed by atoms with Crippen molar-refractivity contribution in [2.75, 3.05) is 4.90 Å². The van der Waals surface area contributed by atoms with Gasteiger partial charge in [-0.1, -0.05) is 171 Å². The first kappa shape index (κ1) is 36.4. The van der Waals surface area contributed by atoms with Crippen LogP contribution in [0.25, 0.3) is 50.1 Å². The van der Waals surface area contributed by atoms with Crippen LogP contribution in [0.15, 0.2) is 243 Å². The lowest BCUT2D eigenvalue weighted by Crippen LogP contribution is -2.10. The van der Waals surface area contributed by atoms with E-state index in [0.717, 1.165) is 72.7 Å². The van der Waals surface area contributed by atoms with Crippen LogP contribution in [0.2, 0.25) is 0 Å². The quantitative estimate of drug-likeness (QED) is 0.169. The van der Waals surface area contributed by atoms with Gasteiger partial charge >= 0.3 is 0 Å². The van der Waals surface area contributed by atoms with Crippen LogP contribution in [-0.4, -0.2) is 5.11 Å². The number of nitrogens with zero attached hydrogens (tertiary/aromatic N) is 1. The third kappa shape index (κ3) is 8.39. The third-order valence-corrected chi connectivity index (χ3v) is 10.1. The summed E-state index contributed by atoms with van der Waals surface area (Å²) in [5, 5.41) is 10.4. The zero-order chi connectivity index (χ0) is 39.0. The molecule has 0 aromatic heterocycles. The first-order valence-corrected chi connectivity index (χ1v) is 18.9. The second-order valence-electron chi connectivity index (χ2n) is 13.8. The van der Waals surface area contributed by atoms with Gasteiger partial charge in [0.1, 0.15) is 5.75 Å². The van der Waals surface area contributed by atoms with Crippen molar-refractivity contribution in [2.24, 2.45) is 0 Å². The number of ether oxygens (including phenoxy) is 1. The van der Waals surface area contributed by atoms with Crippen LogP contribution in [-0.2, 0) is 4.74 Å². The molecular weight excluding hydrogens is 695 g/mol. The van der Waals surface area contributed by atoms with Gasteiger partial charge in [-0.15, -0.1) is 0 Å². The lowest BCUT2D eigenvalue weighted by molar-refractivity contribution is 0.405. The van der Waals surface area contributed by atoms with E-state index in [-0.39, 0.29) is 5.75 Å².